The van der Waals surface area contributed by atoms with E-state index >= 15 is 0 Å². The molecule has 0 aliphatic rings. The first-order valence-electron chi connectivity index (χ1n) is 10.0. The number of aryl methyl sites for hydroxylation is 1. The van der Waals surface area contributed by atoms with Gasteiger partial charge in [0.25, 0.3) is 10.0 Å². The Balaban J connectivity index is 1.46. The summed E-state index contributed by atoms with van der Waals surface area (Å²) in [5.41, 5.74) is 0.306. The average Bonchev–Trinajstić information content (AvgIpc) is 3.18. The molecule has 0 amide bonds. The Bertz CT molecular complexity index is 1430. The molecule has 0 unspecified atom stereocenters. The number of hydrogen-bond donors (Lipinski definition) is 2. The highest BCUT2D eigenvalue weighted by Gasteiger charge is 2.21. The number of anilines is 1. The van der Waals surface area contributed by atoms with Gasteiger partial charge < -0.3 is 14.3 Å². The quantitative estimate of drug-likeness (QED) is 0.368. The largest absolute Gasteiger partial charge is 0.487 e. The third kappa shape index (κ3) is 4.91. The van der Waals surface area contributed by atoms with E-state index in [1.165, 1.54) is 36.4 Å². The van der Waals surface area contributed by atoms with E-state index in [9.17, 15) is 22.7 Å². The Hall–Kier alpha value is -4.18. The lowest BCUT2D eigenvalue weighted by Crippen LogP contribution is -2.16. The minimum atomic E-state index is -4.17. The number of oxazole rings is 1. The van der Waals surface area contributed by atoms with Crippen LogP contribution in [0.5, 0.6) is 5.75 Å². The maximum Gasteiger partial charge on any atom is 0.340 e. The molecule has 8 nitrogen and oxygen atoms in total. The molecule has 0 saturated heterocycles. The summed E-state index contributed by atoms with van der Waals surface area (Å²) >= 11 is 0. The van der Waals surface area contributed by atoms with Crippen LogP contribution in [0, 0.1) is 12.7 Å². The fourth-order valence-electron chi connectivity index (χ4n) is 3.16. The van der Waals surface area contributed by atoms with Crippen LogP contribution >= 0.6 is 0 Å². The molecule has 0 atom stereocenters. The van der Waals surface area contributed by atoms with Crippen molar-refractivity contribution in [3.8, 4) is 17.2 Å². The van der Waals surface area contributed by atoms with Gasteiger partial charge in [-0.25, -0.2) is 22.6 Å². The molecule has 0 aliphatic heterocycles. The molecule has 0 bridgehead atoms. The van der Waals surface area contributed by atoms with Crippen molar-refractivity contribution in [2.45, 2.75) is 18.4 Å². The summed E-state index contributed by atoms with van der Waals surface area (Å²) in [5, 5.41) is 9.19. The minimum Gasteiger partial charge on any atom is -0.487 e. The third-order valence-electron chi connectivity index (χ3n) is 4.89. The zero-order valence-electron chi connectivity index (χ0n) is 17.9. The molecule has 34 heavy (non-hydrogen) atoms. The Morgan fingerprint density at radius 2 is 1.76 bits per heavy atom. The van der Waals surface area contributed by atoms with Crippen LogP contribution in [0.15, 0.2) is 82.1 Å². The third-order valence-corrected chi connectivity index (χ3v) is 6.28. The lowest BCUT2D eigenvalue weighted by molar-refractivity contribution is 0.0693. The number of ether oxygens (including phenoxy) is 1. The van der Waals surface area contributed by atoms with E-state index in [1.54, 1.807) is 6.92 Å². The second-order valence-corrected chi connectivity index (χ2v) is 8.90. The summed E-state index contributed by atoms with van der Waals surface area (Å²) in [7, 11) is -4.17. The van der Waals surface area contributed by atoms with Crippen LogP contribution in [-0.4, -0.2) is 24.5 Å². The van der Waals surface area contributed by atoms with E-state index in [2.05, 4.69) is 9.71 Å². The number of halogens is 1. The molecular weight excluding hydrogens is 463 g/mol. The molecule has 0 saturated carbocycles. The summed E-state index contributed by atoms with van der Waals surface area (Å²) < 4.78 is 52.7. The first-order chi connectivity index (χ1) is 16.2. The van der Waals surface area contributed by atoms with Gasteiger partial charge in [-0.05, 0) is 55.5 Å². The summed E-state index contributed by atoms with van der Waals surface area (Å²) in [6.07, 6.45) is 0. The fraction of sp³-hybridized carbons (Fsp3) is 0.0833. The van der Waals surface area contributed by atoms with Crippen molar-refractivity contribution in [3.63, 3.8) is 0 Å². The molecule has 0 radical (unpaired) electrons. The van der Waals surface area contributed by atoms with E-state index in [4.69, 9.17) is 9.15 Å². The van der Waals surface area contributed by atoms with Gasteiger partial charge in [0.05, 0.1) is 10.6 Å². The van der Waals surface area contributed by atoms with Gasteiger partial charge in [0.15, 0.2) is 0 Å². The van der Waals surface area contributed by atoms with E-state index in [1.807, 2.05) is 30.3 Å². The van der Waals surface area contributed by atoms with Crippen LogP contribution in [0.2, 0.25) is 0 Å². The van der Waals surface area contributed by atoms with E-state index < -0.39 is 27.4 Å². The first kappa shape index (κ1) is 23.0. The van der Waals surface area contributed by atoms with Gasteiger partial charge in [0, 0.05) is 5.56 Å². The van der Waals surface area contributed by atoms with Crippen molar-refractivity contribution in [2.24, 2.45) is 0 Å². The predicted molar refractivity (Wildman–Crippen MR) is 122 cm³/mol. The van der Waals surface area contributed by atoms with Crippen LogP contribution in [0.3, 0.4) is 0 Å². The average molecular weight is 482 g/mol. The van der Waals surface area contributed by atoms with E-state index in [0.29, 0.717) is 23.1 Å². The van der Waals surface area contributed by atoms with Crippen LogP contribution < -0.4 is 9.46 Å². The molecule has 0 fully saturated rings. The molecule has 0 spiro atoms. The second-order valence-electron chi connectivity index (χ2n) is 7.22. The van der Waals surface area contributed by atoms with Crippen LogP contribution in [0.4, 0.5) is 10.1 Å². The summed E-state index contributed by atoms with van der Waals surface area (Å²) in [4.78, 5) is 15.6. The highest BCUT2D eigenvalue weighted by atomic mass is 32.2. The number of hydrogen-bond acceptors (Lipinski definition) is 6. The number of carboxylic acids is 1. The molecule has 1 heterocycles. The lowest BCUT2D eigenvalue weighted by atomic mass is 10.2. The molecule has 10 heteroatoms. The SMILES string of the molecule is Cc1oc(-c2ccccc2)nc1COc1ccc(S(=O)(=O)Nc2cccc(F)c2C(=O)O)cc1. The van der Waals surface area contributed by atoms with Gasteiger partial charge in [-0.15, -0.1) is 0 Å². The Kier molecular flexibility index (Phi) is 6.33. The van der Waals surface area contributed by atoms with Crippen molar-refractivity contribution in [1.29, 1.82) is 0 Å². The van der Waals surface area contributed by atoms with Crippen LogP contribution in [-0.2, 0) is 16.6 Å². The lowest BCUT2D eigenvalue weighted by Gasteiger charge is -2.11. The summed E-state index contributed by atoms with van der Waals surface area (Å²) in [5.74, 6) is -1.17. The van der Waals surface area contributed by atoms with Gasteiger partial charge in [-0.2, -0.15) is 0 Å². The van der Waals surface area contributed by atoms with Crippen molar-refractivity contribution in [2.75, 3.05) is 4.72 Å². The normalized spacial score (nSPS) is 11.2. The zero-order valence-corrected chi connectivity index (χ0v) is 18.7. The molecule has 4 aromatic rings. The van der Waals surface area contributed by atoms with Gasteiger partial charge in [-0.1, -0.05) is 24.3 Å². The fourth-order valence-corrected chi connectivity index (χ4v) is 4.23. The van der Waals surface area contributed by atoms with Crippen LogP contribution in [0.1, 0.15) is 21.8 Å². The van der Waals surface area contributed by atoms with Crippen molar-refractivity contribution < 1.29 is 31.9 Å². The molecule has 3 aromatic carbocycles. The standard InChI is InChI=1S/C24H19FN2O6S/c1-15-21(26-23(33-15)16-6-3-2-4-7-16)14-32-17-10-12-18(13-11-17)34(30,31)27-20-9-5-8-19(25)22(20)24(28)29/h2-13,27H,14H2,1H3,(H,28,29). The highest BCUT2D eigenvalue weighted by molar-refractivity contribution is 7.92. The number of aromatic nitrogens is 1. The molecule has 4 rings (SSSR count). The predicted octanol–water partition coefficient (Wildman–Crippen LogP) is 4.87. The Morgan fingerprint density at radius 1 is 1.06 bits per heavy atom. The number of benzene rings is 3. The second kappa shape index (κ2) is 9.36. The zero-order chi connectivity index (χ0) is 24.3. The van der Waals surface area contributed by atoms with Gasteiger partial charge in [0.1, 0.15) is 35.2 Å². The van der Waals surface area contributed by atoms with Crippen molar-refractivity contribution in [3.05, 3.63) is 95.6 Å². The molecule has 0 aliphatic carbocycles. The number of nitrogens with one attached hydrogen (secondary N) is 1. The highest BCUT2D eigenvalue weighted by Crippen LogP contribution is 2.25. The first-order valence-corrected chi connectivity index (χ1v) is 11.5. The number of carboxylic acid groups (broad SMARTS) is 1. The van der Waals surface area contributed by atoms with Gasteiger partial charge >= 0.3 is 5.97 Å². The summed E-state index contributed by atoms with van der Waals surface area (Å²) in [6.45, 7) is 1.88. The minimum absolute atomic E-state index is 0.109. The Morgan fingerprint density at radius 3 is 2.44 bits per heavy atom. The van der Waals surface area contributed by atoms with Crippen molar-refractivity contribution in [1.82, 2.24) is 4.98 Å². The number of aromatic carboxylic acids is 1. The monoisotopic (exact) mass is 482 g/mol. The number of sulfonamides is 1. The van der Waals surface area contributed by atoms with E-state index in [-0.39, 0.29) is 17.2 Å². The van der Waals surface area contributed by atoms with Gasteiger partial charge in [0.2, 0.25) is 5.89 Å². The number of carbonyl (C=O) groups is 1. The molecule has 1 aromatic heterocycles. The topological polar surface area (TPSA) is 119 Å². The maximum atomic E-state index is 13.8. The van der Waals surface area contributed by atoms with E-state index in [0.717, 1.165) is 11.6 Å². The van der Waals surface area contributed by atoms with Crippen molar-refractivity contribution >= 4 is 21.7 Å². The van der Waals surface area contributed by atoms with Crippen LogP contribution in [0.25, 0.3) is 11.5 Å². The smallest absolute Gasteiger partial charge is 0.340 e. The van der Waals surface area contributed by atoms with Gasteiger partial charge in [-0.3, -0.25) is 4.72 Å². The number of rotatable bonds is 8. The Labute approximate surface area is 194 Å². The summed E-state index contributed by atoms with van der Waals surface area (Å²) in [6, 6.07) is 18.2. The molecule has 2 N–H and O–H groups in total. The number of nitrogens with zero attached hydrogens (tertiary/aromatic N) is 1. The maximum absolute atomic E-state index is 13.8. The molecular formula is C24H19FN2O6S. The molecule has 174 valence electrons.